The summed E-state index contributed by atoms with van der Waals surface area (Å²) in [5.41, 5.74) is 1.33. The van der Waals surface area contributed by atoms with Gasteiger partial charge >= 0.3 is 0 Å². The van der Waals surface area contributed by atoms with Crippen molar-refractivity contribution in [1.29, 1.82) is 0 Å². The summed E-state index contributed by atoms with van der Waals surface area (Å²) in [5, 5.41) is 0. The summed E-state index contributed by atoms with van der Waals surface area (Å²) in [7, 11) is -3.54. The van der Waals surface area contributed by atoms with E-state index >= 15 is 0 Å². The number of carbonyl (C=O) groups excluding carboxylic acids is 2. The van der Waals surface area contributed by atoms with Gasteiger partial charge in [-0.3, -0.25) is 19.4 Å². The Morgan fingerprint density at radius 3 is 2.28 bits per heavy atom. The van der Waals surface area contributed by atoms with Crippen LogP contribution < -0.4 is 0 Å². The number of imide groups is 1. The molecule has 158 valence electrons. The van der Waals surface area contributed by atoms with Crippen molar-refractivity contribution in [2.45, 2.75) is 50.8 Å². The minimum absolute atomic E-state index is 0.0228. The van der Waals surface area contributed by atoms with Crippen molar-refractivity contribution in [3.63, 3.8) is 0 Å². The lowest BCUT2D eigenvalue weighted by Crippen LogP contribution is -2.52. The molecule has 4 rings (SSSR count). The highest BCUT2D eigenvalue weighted by Gasteiger charge is 2.52. The van der Waals surface area contributed by atoms with Crippen molar-refractivity contribution in [1.82, 2.24) is 14.1 Å². The van der Waals surface area contributed by atoms with Gasteiger partial charge in [-0.2, -0.15) is 4.31 Å². The highest BCUT2D eigenvalue weighted by atomic mass is 32.2. The number of sulfonamides is 1. The third-order valence-corrected chi connectivity index (χ3v) is 8.73. The Labute approximate surface area is 172 Å². The summed E-state index contributed by atoms with van der Waals surface area (Å²) in [6.07, 6.45) is 4.00. The van der Waals surface area contributed by atoms with Gasteiger partial charge in [0, 0.05) is 32.6 Å². The largest absolute Gasteiger partial charge is 0.283 e. The summed E-state index contributed by atoms with van der Waals surface area (Å²) in [5.74, 6) is -0.104. The number of hydrogen-bond donors (Lipinski definition) is 0. The second-order valence-corrected chi connectivity index (χ2v) is 10.6. The second-order valence-electron chi connectivity index (χ2n) is 8.72. The van der Waals surface area contributed by atoms with Gasteiger partial charge in [-0.1, -0.05) is 30.5 Å². The average Bonchev–Trinajstić information content (AvgIpc) is 3.23. The lowest BCUT2D eigenvalue weighted by Gasteiger charge is -2.36. The van der Waals surface area contributed by atoms with Crippen molar-refractivity contribution in [2.24, 2.45) is 5.41 Å². The van der Waals surface area contributed by atoms with E-state index in [4.69, 9.17) is 0 Å². The molecule has 29 heavy (non-hydrogen) atoms. The maximum Gasteiger partial charge on any atom is 0.243 e. The van der Waals surface area contributed by atoms with Gasteiger partial charge in [0.2, 0.25) is 21.8 Å². The molecule has 3 aliphatic rings. The standard InChI is InChI=1S/C21H29N3O4S/c1-16-5-6-18(17(2)13-16)29(27,28)23-11-9-22(10-12-23)15-24-19(25)14-21(20(24)26)7-3-4-8-21/h5-6,13H,3-4,7-12,14-15H2,1-2H3. The monoisotopic (exact) mass is 419 g/mol. The molecule has 1 aromatic carbocycles. The zero-order valence-electron chi connectivity index (χ0n) is 17.2. The third kappa shape index (κ3) is 3.62. The SMILES string of the molecule is Cc1ccc(S(=O)(=O)N2CCN(CN3C(=O)CC4(CCCC4)C3=O)CC2)c(C)c1. The highest BCUT2D eigenvalue weighted by molar-refractivity contribution is 7.89. The topological polar surface area (TPSA) is 78.0 Å². The predicted molar refractivity (Wildman–Crippen MR) is 108 cm³/mol. The van der Waals surface area contributed by atoms with Gasteiger partial charge in [-0.05, 0) is 38.3 Å². The molecule has 1 aromatic rings. The van der Waals surface area contributed by atoms with E-state index in [9.17, 15) is 18.0 Å². The van der Waals surface area contributed by atoms with E-state index in [0.717, 1.165) is 36.8 Å². The summed E-state index contributed by atoms with van der Waals surface area (Å²) in [4.78, 5) is 29.1. The molecule has 0 radical (unpaired) electrons. The number of aryl methyl sites for hydroxylation is 2. The smallest absolute Gasteiger partial charge is 0.243 e. The van der Waals surface area contributed by atoms with Gasteiger partial charge in [0.05, 0.1) is 17.0 Å². The van der Waals surface area contributed by atoms with Crippen molar-refractivity contribution in [3.05, 3.63) is 29.3 Å². The van der Waals surface area contributed by atoms with Gasteiger partial charge in [0.1, 0.15) is 0 Å². The van der Waals surface area contributed by atoms with Crippen LogP contribution in [0.15, 0.2) is 23.1 Å². The van der Waals surface area contributed by atoms with Gasteiger partial charge in [0.25, 0.3) is 0 Å². The van der Waals surface area contributed by atoms with E-state index in [0.29, 0.717) is 37.5 Å². The van der Waals surface area contributed by atoms with Gasteiger partial charge in [-0.15, -0.1) is 0 Å². The molecule has 2 heterocycles. The molecule has 0 atom stereocenters. The van der Waals surface area contributed by atoms with Crippen LogP contribution in [0.3, 0.4) is 0 Å². The molecule has 0 bridgehead atoms. The fourth-order valence-electron chi connectivity index (χ4n) is 4.98. The molecule has 0 aromatic heterocycles. The Morgan fingerprint density at radius 2 is 1.66 bits per heavy atom. The lowest BCUT2D eigenvalue weighted by molar-refractivity contribution is -0.144. The van der Waals surface area contributed by atoms with Crippen LogP contribution >= 0.6 is 0 Å². The second kappa shape index (κ2) is 7.49. The predicted octanol–water partition coefficient (Wildman–Crippen LogP) is 1.89. The third-order valence-electron chi connectivity index (χ3n) is 6.67. The maximum absolute atomic E-state index is 13.0. The molecule has 8 heteroatoms. The zero-order valence-corrected chi connectivity index (χ0v) is 18.0. The number of amides is 2. The Balaban J connectivity index is 1.40. The number of carbonyl (C=O) groups is 2. The normalized spacial score (nSPS) is 23.4. The van der Waals surface area contributed by atoms with Crippen molar-refractivity contribution >= 4 is 21.8 Å². The van der Waals surface area contributed by atoms with E-state index in [1.807, 2.05) is 30.9 Å². The molecule has 2 amide bonds. The summed E-state index contributed by atoms with van der Waals surface area (Å²) < 4.78 is 27.6. The minimum Gasteiger partial charge on any atom is -0.283 e. The van der Waals surface area contributed by atoms with E-state index in [1.54, 1.807) is 6.07 Å². The lowest BCUT2D eigenvalue weighted by atomic mass is 9.85. The molecule has 7 nitrogen and oxygen atoms in total. The number of rotatable bonds is 4. The molecule has 0 unspecified atom stereocenters. The van der Waals surface area contributed by atoms with Gasteiger partial charge in [-0.25, -0.2) is 8.42 Å². The summed E-state index contributed by atoms with van der Waals surface area (Å²) >= 11 is 0. The minimum atomic E-state index is -3.54. The molecule has 1 spiro atoms. The fourth-order valence-corrected chi connectivity index (χ4v) is 6.61. The molecule has 2 aliphatic heterocycles. The van der Waals surface area contributed by atoms with Crippen molar-refractivity contribution < 1.29 is 18.0 Å². The van der Waals surface area contributed by atoms with Gasteiger partial charge < -0.3 is 0 Å². The summed E-state index contributed by atoms with van der Waals surface area (Å²) in [6, 6.07) is 5.38. The fraction of sp³-hybridized carbons (Fsp3) is 0.619. The highest BCUT2D eigenvalue weighted by Crippen LogP contribution is 2.46. The number of hydrogen-bond acceptors (Lipinski definition) is 5. The molecular formula is C21H29N3O4S. The van der Waals surface area contributed by atoms with Crippen LogP contribution in [-0.2, 0) is 19.6 Å². The number of likely N-dealkylation sites (tertiary alicyclic amines) is 1. The Morgan fingerprint density at radius 1 is 1.00 bits per heavy atom. The van der Waals surface area contributed by atoms with E-state index in [1.165, 1.54) is 9.21 Å². The van der Waals surface area contributed by atoms with E-state index < -0.39 is 15.4 Å². The first kappa shape index (κ1) is 20.5. The van der Waals surface area contributed by atoms with Crippen LogP contribution in [0.5, 0.6) is 0 Å². The molecule has 2 saturated heterocycles. The molecular weight excluding hydrogens is 390 g/mol. The van der Waals surface area contributed by atoms with Gasteiger partial charge in [0.15, 0.2) is 0 Å². The first-order chi connectivity index (χ1) is 13.7. The van der Waals surface area contributed by atoms with Crippen LogP contribution in [0.4, 0.5) is 0 Å². The Bertz CT molecular complexity index is 929. The Kier molecular flexibility index (Phi) is 5.29. The van der Waals surface area contributed by atoms with E-state index in [-0.39, 0.29) is 18.5 Å². The molecule has 1 saturated carbocycles. The van der Waals surface area contributed by atoms with Crippen LogP contribution in [0.2, 0.25) is 0 Å². The van der Waals surface area contributed by atoms with Crippen LogP contribution in [0.25, 0.3) is 0 Å². The molecule has 1 aliphatic carbocycles. The zero-order chi connectivity index (χ0) is 20.8. The number of piperazine rings is 1. The number of nitrogens with zero attached hydrogens (tertiary/aromatic N) is 3. The quantitative estimate of drug-likeness (QED) is 0.697. The van der Waals surface area contributed by atoms with E-state index in [2.05, 4.69) is 0 Å². The Hall–Kier alpha value is -1.77. The first-order valence-corrected chi connectivity index (χ1v) is 11.8. The first-order valence-electron chi connectivity index (χ1n) is 10.4. The number of benzene rings is 1. The summed E-state index contributed by atoms with van der Waals surface area (Å²) in [6.45, 7) is 5.77. The molecule has 0 N–H and O–H groups in total. The van der Waals surface area contributed by atoms with Crippen LogP contribution in [0.1, 0.15) is 43.2 Å². The average molecular weight is 420 g/mol. The van der Waals surface area contributed by atoms with Crippen molar-refractivity contribution in [2.75, 3.05) is 32.8 Å². The molecule has 3 fully saturated rings. The van der Waals surface area contributed by atoms with Crippen molar-refractivity contribution in [3.8, 4) is 0 Å². The van der Waals surface area contributed by atoms with Crippen LogP contribution in [0, 0.1) is 19.3 Å². The van der Waals surface area contributed by atoms with Crippen LogP contribution in [-0.4, -0.2) is 67.2 Å². The maximum atomic E-state index is 13.0.